The van der Waals surface area contributed by atoms with E-state index in [1.54, 1.807) is 18.2 Å². The Kier molecular flexibility index (Phi) is 6.91. The van der Waals surface area contributed by atoms with E-state index in [-0.39, 0.29) is 23.9 Å². The van der Waals surface area contributed by atoms with Crippen molar-refractivity contribution in [3.05, 3.63) is 59.7 Å². The molecule has 0 saturated carbocycles. The van der Waals surface area contributed by atoms with Gasteiger partial charge >= 0.3 is 5.97 Å². The number of fused-ring (bicyclic) bond motifs is 1. The van der Waals surface area contributed by atoms with Crippen molar-refractivity contribution in [2.75, 3.05) is 19.8 Å². The summed E-state index contributed by atoms with van der Waals surface area (Å²) in [7, 11) is -3.70. The Hall–Kier alpha value is -3.40. The van der Waals surface area contributed by atoms with Gasteiger partial charge in [0.2, 0.25) is 0 Å². The number of amidine groups is 1. The lowest BCUT2D eigenvalue weighted by atomic mass is 10.2. The van der Waals surface area contributed by atoms with E-state index in [9.17, 15) is 18.0 Å². The number of hydrogen-bond donors (Lipinski definition) is 2. The lowest BCUT2D eigenvalue weighted by Gasteiger charge is -2.10. The maximum atomic E-state index is 12.1. The van der Waals surface area contributed by atoms with Crippen LogP contribution in [0.3, 0.4) is 0 Å². The zero-order valence-electron chi connectivity index (χ0n) is 17.1. The van der Waals surface area contributed by atoms with Crippen molar-refractivity contribution in [2.45, 2.75) is 24.8 Å². The fraction of sp³-hybridized carbons (Fsp3) is 0.286. The molecule has 1 unspecified atom stereocenters. The number of amides is 1. The number of rotatable bonds is 8. The summed E-state index contributed by atoms with van der Waals surface area (Å²) in [6.07, 6.45) is 0. The Balaban J connectivity index is 1.44. The predicted molar refractivity (Wildman–Crippen MR) is 113 cm³/mol. The molecule has 0 radical (unpaired) electrons. The van der Waals surface area contributed by atoms with Gasteiger partial charge in [0.05, 0.1) is 11.4 Å². The van der Waals surface area contributed by atoms with Gasteiger partial charge in [-0.2, -0.15) is 0 Å². The number of aliphatic imine (C=N–C) groups is 1. The summed E-state index contributed by atoms with van der Waals surface area (Å²) in [5.74, 6) is -0.453. The summed E-state index contributed by atoms with van der Waals surface area (Å²) in [5.41, 5.74) is 1.45. The Morgan fingerprint density at radius 2 is 1.94 bits per heavy atom. The van der Waals surface area contributed by atoms with Gasteiger partial charge in [-0.25, -0.2) is 13.2 Å². The van der Waals surface area contributed by atoms with Crippen molar-refractivity contribution >= 4 is 27.7 Å². The van der Waals surface area contributed by atoms with Gasteiger partial charge in [0, 0.05) is 5.56 Å². The molecule has 2 aromatic carbocycles. The molecule has 3 rings (SSSR count). The Bertz CT molecular complexity index is 1110. The van der Waals surface area contributed by atoms with Gasteiger partial charge in [-0.3, -0.25) is 14.5 Å². The highest BCUT2D eigenvalue weighted by atomic mass is 32.2. The number of aryl methyl sites for hydroxylation is 1. The third-order valence-corrected chi connectivity index (χ3v) is 5.75. The molecule has 0 bridgehead atoms. The van der Waals surface area contributed by atoms with Crippen LogP contribution in [0.5, 0.6) is 5.75 Å². The Labute approximate surface area is 180 Å². The van der Waals surface area contributed by atoms with E-state index >= 15 is 0 Å². The topological polar surface area (TPSA) is 123 Å². The molecule has 164 valence electrons. The maximum absolute atomic E-state index is 12.1. The minimum Gasteiger partial charge on any atom is -0.492 e. The predicted octanol–water partition coefficient (Wildman–Crippen LogP) is 1.16. The van der Waals surface area contributed by atoms with E-state index in [1.807, 2.05) is 31.2 Å². The normalized spacial score (nSPS) is 16.1. The highest BCUT2D eigenvalue weighted by Gasteiger charge is 2.31. The minimum atomic E-state index is -3.70. The number of ether oxygens (including phenoxy) is 2. The van der Waals surface area contributed by atoms with Crippen LogP contribution in [0.2, 0.25) is 0 Å². The summed E-state index contributed by atoms with van der Waals surface area (Å²) < 4.78 is 37.0. The quantitative estimate of drug-likeness (QED) is 0.464. The molecule has 1 atom stereocenters. The van der Waals surface area contributed by atoms with E-state index in [1.165, 1.54) is 13.0 Å². The highest BCUT2D eigenvalue weighted by molar-refractivity contribution is 7.90. The standard InChI is InChI=1S/C21H23N3O6S/c1-14-6-5-7-16(12-14)29-11-10-22-19(25)13-30-21(26)15(2)23-20-17-8-3-4-9-18(17)31(27,28)24-20/h3-9,12,15H,10-11,13H2,1-2H3,(H,22,25)(H,23,24). The number of carbonyl (C=O) groups excluding carboxylic acids is 2. The van der Waals surface area contributed by atoms with Gasteiger partial charge in [-0.1, -0.05) is 24.3 Å². The van der Waals surface area contributed by atoms with Crippen molar-refractivity contribution in [1.82, 2.24) is 10.0 Å². The number of nitrogens with zero attached hydrogens (tertiary/aromatic N) is 1. The minimum absolute atomic E-state index is 0.0674. The van der Waals surface area contributed by atoms with E-state index in [0.29, 0.717) is 11.3 Å². The van der Waals surface area contributed by atoms with Gasteiger partial charge in [0.1, 0.15) is 24.2 Å². The molecule has 10 heteroatoms. The third-order valence-electron chi connectivity index (χ3n) is 4.35. The number of nitrogens with one attached hydrogen (secondary N) is 2. The number of carbonyl (C=O) groups is 2. The highest BCUT2D eigenvalue weighted by Crippen LogP contribution is 2.22. The van der Waals surface area contributed by atoms with Crippen LogP contribution in [0.1, 0.15) is 18.1 Å². The summed E-state index contributed by atoms with van der Waals surface area (Å²) in [6.45, 7) is 3.46. The van der Waals surface area contributed by atoms with Crippen molar-refractivity contribution in [2.24, 2.45) is 4.99 Å². The first-order valence-electron chi connectivity index (χ1n) is 9.59. The average molecular weight is 445 g/mol. The third kappa shape index (κ3) is 5.82. The van der Waals surface area contributed by atoms with Crippen LogP contribution in [0.25, 0.3) is 0 Å². The average Bonchev–Trinajstić information content (AvgIpc) is 2.99. The van der Waals surface area contributed by atoms with Gasteiger partial charge in [-0.15, -0.1) is 0 Å². The van der Waals surface area contributed by atoms with Gasteiger partial charge < -0.3 is 14.8 Å². The number of benzene rings is 2. The molecule has 1 heterocycles. The second-order valence-electron chi connectivity index (χ2n) is 6.88. The van der Waals surface area contributed by atoms with Crippen LogP contribution in [-0.2, 0) is 24.3 Å². The van der Waals surface area contributed by atoms with Crippen molar-refractivity contribution < 1.29 is 27.5 Å². The second-order valence-corrected chi connectivity index (χ2v) is 8.53. The molecule has 0 aliphatic carbocycles. The molecule has 1 aliphatic rings. The Morgan fingerprint density at radius 3 is 2.71 bits per heavy atom. The van der Waals surface area contributed by atoms with Crippen LogP contribution >= 0.6 is 0 Å². The SMILES string of the molecule is Cc1cccc(OCCNC(=O)COC(=O)C(C)N=C2NS(=O)(=O)c3ccccc32)c1. The van der Waals surface area contributed by atoms with E-state index in [0.717, 1.165) is 5.56 Å². The molecule has 1 amide bonds. The molecule has 2 N–H and O–H groups in total. The summed E-state index contributed by atoms with van der Waals surface area (Å²) in [5, 5.41) is 2.59. The lowest BCUT2D eigenvalue weighted by molar-refractivity contribution is -0.149. The van der Waals surface area contributed by atoms with E-state index in [2.05, 4.69) is 15.0 Å². The first-order chi connectivity index (χ1) is 14.8. The number of sulfonamides is 1. The van der Waals surface area contributed by atoms with Crippen LogP contribution in [0, 0.1) is 6.92 Å². The van der Waals surface area contributed by atoms with Gasteiger partial charge in [-0.05, 0) is 43.7 Å². The van der Waals surface area contributed by atoms with Crippen LogP contribution < -0.4 is 14.8 Å². The lowest BCUT2D eigenvalue weighted by Crippen LogP contribution is -2.33. The smallest absolute Gasteiger partial charge is 0.331 e. The molecule has 2 aromatic rings. The fourth-order valence-corrected chi connectivity index (χ4v) is 4.09. The van der Waals surface area contributed by atoms with Crippen LogP contribution in [0.4, 0.5) is 0 Å². The molecular formula is C21H23N3O6S. The number of hydrogen-bond acceptors (Lipinski definition) is 7. The van der Waals surface area contributed by atoms with Crippen molar-refractivity contribution in [3.63, 3.8) is 0 Å². The molecule has 0 saturated heterocycles. The van der Waals surface area contributed by atoms with E-state index in [4.69, 9.17) is 9.47 Å². The molecule has 9 nitrogen and oxygen atoms in total. The summed E-state index contributed by atoms with van der Waals surface area (Å²) >= 11 is 0. The molecule has 0 fully saturated rings. The van der Waals surface area contributed by atoms with Crippen LogP contribution in [-0.4, -0.2) is 51.9 Å². The van der Waals surface area contributed by atoms with Crippen LogP contribution in [0.15, 0.2) is 58.4 Å². The maximum Gasteiger partial charge on any atom is 0.331 e. The van der Waals surface area contributed by atoms with Gasteiger partial charge in [0.15, 0.2) is 6.61 Å². The largest absolute Gasteiger partial charge is 0.492 e. The molecule has 0 aromatic heterocycles. The van der Waals surface area contributed by atoms with Crippen molar-refractivity contribution in [3.8, 4) is 5.75 Å². The number of esters is 1. The zero-order valence-corrected chi connectivity index (χ0v) is 17.9. The second kappa shape index (κ2) is 9.61. The van der Waals surface area contributed by atoms with E-state index < -0.39 is 34.5 Å². The monoisotopic (exact) mass is 445 g/mol. The summed E-state index contributed by atoms with van der Waals surface area (Å²) in [6, 6.07) is 12.9. The first-order valence-corrected chi connectivity index (χ1v) is 11.1. The molecule has 1 aliphatic heterocycles. The summed E-state index contributed by atoms with van der Waals surface area (Å²) in [4.78, 5) is 28.2. The Morgan fingerprint density at radius 1 is 1.16 bits per heavy atom. The first kappa shape index (κ1) is 22.3. The molecular weight excluding hydrogens is 422 g/mol. The fourth-order valence-electron chi connectivity index (χ4n) is 2.85. The molecule has 0 spiro atoms. The van der Waals surface area contributed by atoms with Gasteiger partial charge in [0.25, 0.3) is 15.9 Å². The van der Waals surface area contributed by atoms with Crippen molar-refractivity contribution in [1.29, 1.82) is 0 Å². The zero-order chi connectivity index (χ0) is 22.4. The molecule has 31 heavy (non-hydrogen) atoms.